The number of nitrogens with two attached hydrogens (primary N) is 1. The third-order valence-electron chi connectivity index (χ3n) is 1.96. The number of carbonyl (C=O) groups is 2. The number of carboxylic acids is 2. The molecule has 0 saturated carbocycles. The van der Waals surface area contributed by atoms with Crippen LogP contribution in [0.4, 0.5) is 5.69 Å². The number of hydrogen-bond acceptors (Lipinski definition) is 4. The number of carboxylic acid groups (broad SMARTS) is 2. The Bertz CT molecular complexity index is 481. The standard InChI is InChI=1S/C11H11NO5/c1-6(10(13)14)5-17-9-4-7(11(15)16)2-3-8(9)12/h2-4H,1,5,12H2,(H,13,14)(H,15,16). The molecular formula is C11H11NO5. The fourth-order valence-electron chi connectivity index (χ4n) is 1.02. The molecule has 0 bridgehead atoms. The molecule has 0 aromatic heterocycles. The van der Waals surface area contributed by atoms with Crippen LogP contribution >= 0.6 is 0 Å². The number of benzene rings is 1. The van der Waals surface area contributed by atoms with Crippen molar-refractivity contribution < 1.29 is 24.5 Å². The summed E-state index contributed by atoms with van der Waals surface area (Å²) in [6, 6.07) is 3.94. The molecule has 0 aliphatic carbocycles. The summed E-state index contributed by atoms with van der Waals surface area (Å²) in [7, 11) is 0. The number of rotatable bonds is 5. The molecule has 17 heavy (non-hydrogen) atoms. The summed E-state index contributed by atoms with van der Waals surface area (Å²) in [6.45, 7) is 3.01. The number of anilines is 1. The number of aromatic carboxylic acids is 1. The SMILES string of the molecule is C=C(COc1cc(C(=O)O)ccc1N)C(=O)O. The lowest BCUT2D eigenvalue weighted by Gasteiger charge is -2.09. The van der Waals surface area contributed by atoms with Crippen LogP contribution in [-0.4, -0.2) is 28.8 Å². The van der Waals surface area contributed by atoms with Gasteiger partial charge in [0.2, 0.25) is 0 Å². The molecule has 90 valence electrons. The summed E-state index contributed by atoms with van der Waals surface area (Å²) in [4.78, 5) is 21.2. The van der Waals surface area contributed by atoms with E-state index >= 15 is 0 Å². The molecule has 6 nitrogen and oxygen atoms in total. The summed E-state index contributed by atoms with van der Waals surface area (Å²) in [5.74, 6) is -2.18. The van der Waals surface area contributed by atoms with E-state index < -0.39 is 11.9 Å². The Labute approximate surface area is 96.9 Å². The molecule has 1 aromatic rings. The molecule has 1 rings (SSSR count). The van der Waals surface area contributed by atoms with Gasteiger partial charge >= 0.3 is 11.9 Å². The minimum atomic E-state index is -1.18. The van der Waals surface area contributed by atoms with Gasteiger partial charge in [0.25, 0.3) is 0 Å². The Balaban J connectivity index is 2.83. The van der Waals surface area contributed by atoms with E-state index in [0.717, 1.165) is 0 Å². The zero-order valence-corrected chi connectivity index (χ0v) is 8.84. The third-order valence-corrected chi connectivity index (χ3v) is 1.96. The lowest BCUT2D eigenvalue weighted by molar-refractivity contribution is -0.133. The predicted molar refractivity (Wildman–Crippen MR) is 60.1 cm³/mol. The van der Waals surface area contributed by atoms with Crippen molar-refractivity contribution in [1.29, 1.82) is 0 Å². The van der Waals surface area contributed by atoms with Crippen LogP contribution in [0, 0.1) is 0 Å². The first-order chi connectivity index (χ1) is 7.91. The number of hydrogen-bond donors (Lipinski definition) is 3. The molecule has 0 heterocycles. The topological polar surface area (TPSA) is 110 Å². The molecule has 0 atom stereocenters. The smallest absolute Gasteiger partial charge is 0.335 e. The zero-order chi connectivity index (χ0) is 13.0. The minimum absolute atomic E-state index is 0.00939. The van der Waals surface area contributed by atoms with Gasteiger partial charge in [0.15, 0.2) is 0 Å². The lowest BCUT2D eigenvalue weighted by Crippen LogP contribution is -2.10. The van der Waals surface area contributed by atoms with Crippen molar-refractivity contribution >= 4 is 17.6 Å². The van der Waals surface area contributed by atoms with Crippen molar-refractivity contribution in [2.75, 3.05) is 12.3 Å². The van der Waals surface area contributed by atoms with E-state index in [1.807, 2.05) is 0 Å². The average molecular weight is 237 g/mol. The van der Waals surface area contributed by atoms with Crippen molar-refractivity contribution in [3.8, 4) is 5.75 Å². The third kappa shape index (κ3) is 3.23. The van der Waals surface area contributed by atoms with Crippen molar-refractivity contribution in [2.24, 2.45) is 0 Å². The van der Waals surface area contributed by atoms with Crippen molar-refractivity contribution in [1.82, 2.24) is 0 Å². The van der Waals surface area contributed by atoms with Gasteiger partial charge < -0.3 is 20.7 Å². The summed E-state index contributed by atoms with van der Waals surface area (Å²) in [5.41, 5.74) is 5.65. The van der Waals surface area contributed by atoms with E-state index in [9.17, 15) is 9.59 Å². The van der Waals surface area contributed by atoms with Crippen LogP contribution in [0.15, 0.2) is 30.4 Å². The molecule has 1 aromatic carbocycles. The van der Waals surface area contributed by atoms with Gasteiger partial charge in [-0.3, -0.25) is 0 Å². The second-order valence-corrected chi connectivity index (χ2v) is 3.26. The van der Waals surface area contributed by atoms with Crippen LogP contribution in [0.1, 0.15) is 10.4 Å². The van der Waals surface area contributed by atoms with Crippen LogP contribution < -0.4 is 10.5 Å². The Morgan fingerprint density at radius 1 is 1.35 bits per heavy atom. The normalized spacial score (nSPS) is 9.65. The number of nitrogen functional groups attached to an aromatic ring is 1. The highest BCUT2D eigenvalue weighted by molar-refractivity contribution is 5.89. The first kappa shape index (κ1) is 12.6. The monoisotopic (exact) mass is 237 g/mol. The predicted octanol–water partition coefficient (Wildman–Crippen LogP) is 0.987. The Kier molecular flexibility index (Phi) is 3.71. The van der Waals surface area contributed by atoms with Crippen molar-refractivity contribution in [3.05, 3.63) is 35.9 Å². The van der Waals surface area contributed by atoms with Crippen LogP contribution in [0.2, 0.25) is 0 Å². The molecule has 0 unspecified atom stereocenters. The number of ether oxygens (including phenoxy) is 1. The Morgan fingerprint density at radius 2 is 2.00 bits per heavy atom. The van der Waals surface area contributed by atoms with Gasteiger partial charge in [0.05, 0.1) is 16.8 Å². The Morgan fingerprint density at radius 3 is 2.53 bits per heavy atom. The summed E-state index contributed by atoms with van der Waals surface area (Å²) in [5, 5.41) is 17.3. The van der Waals surface area contributed by atoms with Crippen LogP contribution in [0.3, 0.4) is 0 Å². The fourth-order valence-corrected chi connectivity index (χ4v) is 1.02. The zero-order valence-electron chi connectivity index (χ0n) is 8.84. The molecule has 0 fully saturated rings. The lowest BCUT2D eigenvalue weighted by atomic mass is 10.2. The molecule has 0 aliphatic heterocycles. The molecule has 0 spiro atoms. The molecule has 0 saturated heterocycles. The summed E-state index contributed by atoms with van der Waals surface area (Å²) >= 11 is 0. The van der Waals surface area contributed by atoms with E-state index in [1.165, 1.54) is 18.2 Å². The van der Waals surface area contributed by atoms with Crippen molar-refractivity contribution in [2.45, 2.75) is 0 Å². The van der Waals surface area contributed by atoms with Gasteiger partial charge in [0.1, 0.15) is 12.4 Å². The maximum Gasteiger partial charge on any atom is 0.335 e. The first-order valence-corrected chi connectivity index (χ1v) is 4.58. The Hall–Kier alpha value is -2.50. The molecule has 0 amide bonds. The van der Waals surface area contributed by atoms with E-state index in [0.29, 0.717) is 0 Å². The van der Waals surface area contributed by atoms with Gasteiger partial charge in [-0.25, -0.2) is 9.59 Å². The van der Waals surface area contributed by atoms with Crippen LogP contribution in [0.25, 0.3) is 0 Å². The maximum absolute atomic E-state index is 10.7. The molecule has 4 N–H and O–H groups in total. The summed E-state index contributed by atoms with van der Waals surface area (Å²) in [6.07, 6.45) is 0. The van der Waals surface area contributed by atoms with Crippen LogP contribution in [0.5, 0.6) is 5.75 Å². The fraction of sp³-hybridized carbons (Fsp3) is 0.0909. The first-order valence-electron chi connectivity index (χ1n) is 4.58. The second-order valence-electron chi connectivity index (χ2n) is 3.26. The number of aliphatic carboxylic acids is 1. The molecule has 0 radical (unpaired) electrons. The summed E-state index contributed by atoms with van der Waals surface area (Å²) < 4.78 is 5.08. The molecule has 6 heteroatoms. The molecular weight excluding hydrogens is 226 g/mol. The van der Waals surface area contributed by atoms with E-state index in [4.69, 9.17) is 20.7 Å². The van der Waals surface area contributed by atoms with E-state index in [-0.39, 0.29) is 29.2 Å². The minimum Gasteiger partial charge on any atom is -0.486 e. The average Bonchev–Trinajstić information content (AvgIpc) is 2.26. The highest BCUT2D eigenvalue weighted by atomic mass is 16.5. The van der Waals surface area contributed by atoms with Gasteiger partial charge in [-0.15, -0.1) is 0 Å². The molecule has 0 aliphatic rings. The van der Waals surface area contributed by atoms with Gasteiger partial charge in [-0.05, 0) is 18.2 Å². The maximum atomic E-state index is 10.7. The highest BCUT2D eigenvalue weighted by Gasteiger charge is 2.10. The van der Waals surface area contributed by atoms with Crippen LogP contribution in [-0.2, 0) is 4.79 Å². The van der Waals surface area contributed by atoms with E-state index in [1.54, 1.807) is 0 Å². The van der Waals surface area contributed by atoms with Gasteiger partial charge in [-0.2, -0.15) is 0 Å². The largest absolute Gasteiger partial charge is 0.486 e. The van der Waals surface area contributed by atoms with E-state index in [2.05, 4.69) is 6.58 Å². The van der Waals surface area contributed by atoms with Gasteiger partial charge in [0, 0.05) is 0 Å². The highest BCUT2D eigenvalue weighted by Crippen LogP contribution is 2.23. The quantitative estimate of drug-likeness (QED) is 0.520. The second kappa shape index (κ2) is 5.02. The van der Waals surface area contributed by atoms with Gasteiger partial charge in [-0.1, -0.05) is 6.58 Å². The van der Waals surface area contributed by atoms with Crippen molar-refractivity contribution in [3.63, 3.8) is 0 Å².